The maximum Gasteiger partial charge on any atom is 0.305 e. The third kappa shape index (κ3) is 57.0. The van der Waals surface area contributed by atoms with E-state index in [0.717, 1.165) is 51.4 Å². The molecule has 0 fully saturated rings. The molecule has 2 atom stereocenters. The number of allylic oxidation sites excluding steroid dienone is 7. The predicted molar refractivity (Wildman–Crippen MR) is 310 cm³/mol. The van der Waals surface area contributed by atoms with Gasteiger partial charge >= 0.3 is 5.97 Å². The van der Waals surface area contributed by atoms with E-state index >= 15 is 0 Å². The first-order valence-corrected chi connectivity index (χ1v) is 31.4. The van der Waals surface area contributed by atoms with Crippen LogP contribution in [0.4, 0.5) is 0 Å². The van der Waals surface area contributed by atoms with E-state index in [1.165, 1.54) is 250 Å². The van der Waals surface area contributed by atoms with Gasteiger partial charge in [0.05, 0.1) is 25.4 Å². The smallest absolute Gasteiger partial charge is 0.305 e. The largest absolute Gasteiger partial charge is 0.466 e. The van der Waals surface area contributed by atoms with Gasteiger partial charge in [-0.3, -0.25) is 9.59 Å². The van der Waals surface area contributed by atoms with Crippen molar-refractivity contribution in [3.8, 4) is 0 Å². The topological polar surface area (TPSA) is 95.9 Å². The zero-order chi connectivity index (χ0) is 51.4. The molecular formula is C65H121NO5. The Hall–Kier alpha value is -2.18. The van der Waals surface area contributed by atoms with E-state index in [2.05, 4.69) is 55.6 Å². The number of hydrogen-bond donors (Lipinski definition) is 3. The first-order valence-electron chi connectivity index (χ1n) is 31.4. The minimum atomic E-state index is -0.847. The number of unbranched alkanes of at least 4 members (excludes halogenated alkanes) is 41. The van der Waals surface area contributed by atoms with Gasteiger partial charge in [0.2, 0.25) is 5.91 Å². The second kappa shape index (κ2) is 60.4. The summed E-state index contributed by atoms with van der Waals surface area (Å²) in [4.78, 5) is 24.5. The van der Waals surface area contributed by atoms with Crippen molar-refractivity contribution >= 4 is 11.9 Å². The molecular weight excluding hydrogens is 875 g/mol. The van der Waals surface area contributed by atoms with Crippen molar-refractivity contribution in [3.05, 3.63) is 48.6 Å². The molecule has 0 aliphatic carbocycles. The van der Waals surface area contributed by atoms with Crippen molar-refractivity contribution < 1.29 is 24.5 Å². The fourth-order valence-corrected chi connectivity index (χ4v) is 9.48. The number of hydrogen-bond acceptors (Lipinski definition) is 5. The third-order valence-electron chi connectivity index (χ3n) is 14.3. The molecule has 1 amide bonds. The van der Waals surface area contributed by atoms with Gasteiger partial charge < -0.3 is 20.3 Å². The van der Waals surface area contributed by atoms with E-state index in [4.69, 9.17) is 4.74 Å². The molecule has 0 bridgehead atoms. The maximum atomic E-state index is 12.5. The molecule has 0 aromatic rings. The Morgan fingerprint density at radius 2 is 0.704 bits per heavy atom. The molecule has 71 heavy (non-hydrogen) atoms. The minimum Gasteiger partial charge on any atom is -0.466 e. The highest BCUT2D eigenvalue weighted by Crippen LogP contribution is 2.16. The highest BCUT2D eigenvalue weighted by molar-refractivity contribution is 5.76. The van der Waals surface area contributed by atoms with Crippen LogP contribution >= 0.6 is 0 Å². The first kappa shape index (κ1) is 68.8. The van der Waals surface area contributed by atoms with Crippen LogP contribution in [-0.4, -0.2) is 47.4 Å². The molecule has 416 valence electrons. The second-order valence-electron chi connectivity index (χ2n) is 21.4. The molecule has 0 saturated carbocycles. The number of aliphatic hydroxyl groups excluding tert-OH is 2. The Morgan fingerprint density at radius 3 is 1.11 bits per heavy atom. The molecule has 0 saturated heterocycles. The van der Waals surface area contributed by atoms with Crippen LogP contribution in [-0.2, 0) is 14.3 Å². The zero-order valence-electron chi connectivity index (χ0n) is 47.5. The Bertz CT molecular complexity index is 1190. The van der Waals surface area contributed by atoms with E-state index < -0.39 is 12.1 Å². The lowest BCUT2D eigenvalue weighted by Gasteiger charge is -2.20. The molecule has 3 N–H and O–H groups in total. The highest BCUT2D eigenvalue weighted by atomic mass is 16.5. The average Bonchev–Trinajstić information content (AvgIpc) is 3.37. The summed E-state index contributed by atoms with van der Waals surface area (Å²) in [5, 5.41) is 23.1. The van der Waals surface area contributed by atoms with Gasteiger partial charge in [-0.25, -0.2) is 0 Å². The summed E-state index contributed by atoms with van der Waals surface area (Å²) in [6.45, 7) is 4.88. The molecule has 0 aliphatic rings. The summed E-state index contributed by atoms with van der Waals surface area (Å²) in [5.41, 5.74) is 0. The van der Waals surface area contributed by atoms with E-state index in [9.17, 15) is 19.8 Å². The molecule has 6 nitrogen and oxygen atoms in total. The van der Waals surface area contributed by atoms with E-state index in [0.29, 0.717) is 19.4 Å². The van der Waals surface area contributed by atoms with Crippen LogP contribution in [0.1, 0.15) is 328 Å². The summed E-state index contributed by atoms with van der Waals surface area (Å²) in [6.07, 6.45) is 77.3. The van der Waals surface area contributed by atoms with E-state index in [1.54, 1.807) is 6.08 Å². The normalized spacial score (nSPS) is 12.9. The zero-order valence-corrected chi connectivity index (χ0v) is 47.5. The Kier molecular flexibility index (Phi) is 58.5. The van der Waals surface area contributed by atoms with E-state index in [1.807, 2.05) is 6.08 Å². The number of amides is 1. The summed E-state index contributed by atoms with van der Waals surface area (Å²) < 4.78 is 5.46. The molecule has 0 aromatic carbocycles. The first-order chi connectivity index (χ1) is 35.0. The van der Waals surface area contributed by atoms with Crippen LogP contribution in [0.25, 0.3) is 0 Å². The third-order valence-corrected chi connectivity index (χ3v) is 14.3. The Labute approximate surface area is 442 Å². The molecule has 0 aromatic heterocycles. The summed E-state index contributed by atoms with van der Waals surface area (Å²) in [5.74, 6) is -0.0707. The highest BCUT2D eigenvalue weighted by Gasteiger charge is 2.18. The summed E-state index contributed by atoms with van der Waals surface area (Å²) in [7, 11) is 0. The van der Waals surface area contributed by atoms with Crippen molar-refractivity contribution in [2.24, 2.45) is 0 Å². The van der Waals surface area contributed by atoms with Gasteiger partial charge in [-0.2, -0.15) is 0 Å². The van der Waals surface area contributed by atoms with Crippen LogP contribution in [0.15, 0.2) is 48.6 Å². The fourth-order valence-electron chi connectivity index (χ4n) is 9.48. The van der Waals surface area contributed by atoms with Crippen LogP contribution < -0.4 is 5.32 Å². The lowest BCUT2D eigenvalue weighted by molar-refractivity contribution is -0.143. The minimum absolute atomic E-state index is 0.000239. The Morgan fingerprint density at radius 1 is 0.394 bits per heavy atom. The molecule has 6 heteroatoms. The number of nitrogens with one attached hydrogen (secondary N) is 1. The van der Waals surface area contributed by atoms with Crippen molar-refractivity contribution in [3.63, 3.8) is 0 Å². The van der Waals surface area contributed by atoms with Crippen molar-refractivity contribution in [2.45, 2.75) is 341 Å². The van der Waals surface area contributed by atoms with Gasteiger partial charge in [-0.05, 0) is 89.9 Å². The van der Waals surface area contributed by atoms with Gasteiger partial charge in [-0.15, -0.1) is 0 Å². The average molecular weight is 997 g/mol. The van der Waals surface area contributed by atoms with Crippen LogP contribution in [0.5, 0.6) is 0 Å². The number of ether oxygens (including phenoxy) is 1. The van der Waals surface area contributed by atoms with Crippen LogP contribution in [0, 0.1) is 0 Å². The van der Waals surface area contributed by atoms with Crippen LogP contribution in [0.3, 0.4) is 0 Å². The lowest BCUT2D eigenvalue weighted by atomic mass is 10.0. The number of esters is 1. The molecule has 0 aliphatic heterocycles. The summed E-state index contributed by atoms with van der Waals surface area (Å²) in [6, 6.07) is -0.631. The number of rotatable bonds is 58. The molecule has 0 heterocycles. The predicted octanol–water partition coefficient (Wildman–Crippen LogP) is 19.7. The molecule has 0 spiro atoms. The monoisotopic (exact) mass is 996 g/mol. The van der Waals surface area contributed by atoms with Crippen LogP contribution in [0.2, 0.25) is 0 Å². The van der Waals surface area contributed by atoms with Crippen molar-refractivity contribution in [1.29, 1.82) is 0 Å². The van der Waals surface area contributed by atoms with Crippen molar-refractivity contribution in [2.75, 3.05) is 13.2 Å². The van der Waals surface area contributed by atoms with Gasteiger partial charge in [0, 0.05) is 12.8 Å². The number of aliphatic hydroxyl groups is 2. The SMILES string of the molecule is CCCCC/C=C\CCCCCCCC(=O)OCCCCCCCCCCC/C=C\C/C=C\CCCCCCCCCCCCCC(=O)NC(CO)C(O)/C=C/CCCCCCCCCCCCCCC. The summed E-state index contributed by atoms with van der Waals surface area (Å²) >= 11 is 0. The Balaban J connectivity index is 3.45. The lowest BCUT2D eigenvalue weighted by Crippen LogP contribution is -2.45. The standard InChI is InChI=1S/C65H121NO5/c1-3-5-7-9-11-13-15-17-31-34-37-41-45-49-53-57-63(68)62(61-67)66-64(69)58-54-50-46-42-38-35-32-29-27-25-23-21-19-18-20-22-24-26-28-30-33-36-40-44-48-52-56-60-71-65(70)59-55-51-47-43-39-16-14-12-10-8-6-4-2/h12,14,18-19,22,24,53,57,62-63,67-68H,3-11,13,15-17,20-21,23,25-52,54-56,58-61H2,1-2H3,(H,66,69)/b14-12-,19-18-,24-22-,57-53+. The molecule has 2 unspecified atom stereocenters. The van der Waals surface area contributed by atoms with Gasteiger partial charge in [0.15, 0.2) is 0 Å². The maximum absolute atomic E-state index is 12.5. The van der Waals surface area contributed by atoms with Gasteiger partial charge in [0.1, 0.15) is 0 Å². The van der Waals surface area contributed by atoms with Gasteiger partial charge in [0.25, 0.3) is 0 Å². The fraction of sp³-hybridized carbons (Fsp3) is 0.846. The number of carbonyl (C=O) groups is 2. The molecule has 0 radical (unpaired) electrons. The van der Waals surface area contributed by atoms with Gasteiger partial charge in [-0.1, -0.05) is 274 Å². The molecule has 0 rings (SSSR count). The second-order valence-corrected chi connectivity index (χ2v) is 21.4. The quantitative estimate of drug-likeness (QED) is 0.0321. The van der Waals surface area contributed by atoms with Crippen molar-refractivity contribution in [1.82, 2.24) is 5.32 Å². The number of carbonyl (C=O) groups excluding carboxylic acids is 2. The van der Waals surface area contributed by atoms with E-state index in [-0.39, 0.29) is 18.5 Å².